The van der Waals surface area contributed by atoms with Crippen LogP contribution >= 0.6 is 11.6 Å². The average molecular weight is 417 g/mol. The standard InChI is InChI=1S/C22H25ClN2O4/c1-4-25-14(2)9-18(15(25)3)20(26)13-29-22(28)17-10-21(27)24(12-17)11-16-7-5-6-8-19(16)23/h5-9,17H,4,10-13H2,1-3H3/t17-/m0/s1. The predicted molar refractivity (Wildman–Crippen MR) is 110 cm³/mol. The third-order valence-corrected chi connectivity index (χ3v) is 5.77. The number of hydrogen-bond acceptors (Lipinski definition) is 4. The Kier molecular flexibility index (Phi) is 6.42. The lowest BCUT2D eigenvalue weighted by Gasteiger charge is -2.17. The maximum atomic E-state index is 12.5. The number of ether oxygens (including phenoxy) is 1. The van der Waals surface area contributed by atoms with Crippen molar-refractivity contribution < 1.29 is 19.1 Å². The van der Waals surface area contributed by atoms with Gasteiger partial charge in [-0.05, 0) is 38.5 Å². The number of likely N-dealkylation sites (tertiary alicyclic amines) is 1. The zero-order valence-corrected chi connectivity index (χ0v) is 17.7. The first-order valence-corrected chi connectivity index (χ1v) is 10.1. The number of amides is 1. The molecule has 2 aromatic rings. The summed E-state index contributed by atoms with van der Waals surface area (Å²) in [5.74, 6) is -1.44. The van der Waals surface area contributed by atoms with E-state index in [1.807, 2.05) is 49.6 Å². The van der Waals surface area contributed by atoms with Gasteiger partial charge in [-0.15, -0.1) is 0 Å². The zero-order chi connectivity index (χ0) is 21.1. The van der Waals surface area contributed by atoms with Crippen LogP contribution in [-0.2, 0) is 27.4 Å². The lowest BCUT2D eigenvalue weighted by atomic mass is 10.1. The molecule has 0 N–H and O–H groups in total. The number of rotatable bonds is 7. The minimum Gasteiger partial charge on any atom is -0.457 e. The molecule has 1 aliphatic rings. The summed E-state index contributed by atoms with van der Waals surface area (Å²) < 4.78 is 7.29. The van der Waals surface area contributed by atoms with Crippen LogP contribution in [0.15, 0.2) is 30.3 Å². The van der Waals surface area contributed by atoms with E-state index in [1.54, 1.807) is 11.0 Å². The molecule has 6 nitrogen and oxygen atoms in total. The highest BCUT2D eigenvalue weighted by Crippen LogP contribution is 2.24. The van der Waals surface area contributed by atoms with Crippen LogP contribution in [0.5, 0.6) is 0 Å². The fourth-order valence-electron chi connectivity index (χ4n) is 3.82. The van der Waals surface area contributed by atoms with E-state index < -0.39 is 11.9 Å². The second-order valence-electron chi connectivity index (χ2n) is 7.33. The van der Waals surface area contributed by atoms with Crippen LogP contribution in [0.2, 0.25) is 5.02 Å². The molecule has 0 bridgehead atoms. The minimum atomic E-state index is -0.569. The Morgan fingerprint density at radius 1 is 1.24 bits per heavy atom. The van der Waals surface area contributed by atoms with Gasteiger partial charge in [-0.1, -0.05) is 29.8 Å². The molecule has 2 heterocycles. The Bertz CT molecular complexity index is 950. The molecule has 0 spiro atoms. The third-order valence-electron chi connectivity index (χ3n) is 5.40. The lowest BCUT2D eigenvalue weighted by molar-refractivity contribution is -0.147. The number of aromatic nitrogens is 1. The van der Waals surface area contributed by atoms with Crippen molar-refractivity contribution in [3.8, 4) is 0 Å². The van der Waals surface area contributed by atoms with E-state index in [9.17, 15) is 14.4 Å². The van der Waals surface area contributed by atoms with Gasteiger partial charge in [-0.2, -0.15) is 0 Å². The molecule has 0 unspecified atom stereocenters. The summed E-state index contributed by atoms with van der Waals surface area (Å²) in [6.45, 7) is 6.91. The Morgan fingerprint density at radius 3 is 2.62 bits per heavy atom. The van der Waals surface area contributed by atoms with Crippen molar-refractivity contribution in [2.75, 3.05) is 13.2 Å². The van der Waals surface area contributed by atoms with E-state index in [1.165, 1.54) is 0 Å². The molecule has 1 aromatic heterocycles. The summed E-state index contributed by atoms with van der Waals surface area (Å²) in [7, 11) is 0. The van der Waals surface area contributed by atoms with Gasteiger partial charge in [-0.25, -0.2) is 0 Å². The van der Waals surface area contributed by atoms with Gasteiger partial charge in [0.05, 0.1) is 5.92 Å². The number of benzene rings is 1. The van der Waals surface area contributed by atoms with E-state index in [0.29, 0.717) is 17.1 Å². The highest BCUT2D eigenvalue weighted by molar-refractivity contribution is 6.31. The molecule has 0 saturated carbocycles. The summed E-state index contributed by atoms with van der Waals surface area (Å²) in [5, 5.41) is 0.585. The number of halogens is 1. The predicted octanol–water partition coefficient (Wildman–Crippen LogP) is 3.55. The van der Waals surface area contributed by atoms with Gasteiger partial charge in [0.25, 0.3) is 0 Å². The summed E-state index contributed by atoms with van der Waals surface area (Å²) in [6, 6.07) is 9.12. The lowest BCUT2D eigenvalue weighted by Crippen LogP contribution is -2.27. The third kappa shape index (κ3) is 4.53. The van der Waals surface area contributed by atoms with Crippen molar-refractivity contribution in [1.82, 2.24) is 9.47 Å². The maximum absolute atomic E-state index is 12.5. The van der Waals surface area contributed by atoms with Crippen LogP contribution in [0.3, 0.4) is 0 Å². The van der Waals surface area contributed by atoms with Gasteiger partial charge >= 0.3 is 5.97 Å². The summed E-state index contributed by atoms with van der Waals surface area (Å²) in [4.78, 5) is 38.8. The van der Waals surface area contributed by atoms with Crippen LogP contribution < -0.4 is 0 Å². The molecule has 0 aliphatic carbocycles. The molecule has 1 amide bonds. The number of carbonyl (C=O) groups is 3. The number of esters is 1. The molecular weight excluding hydrogens is 392 g/mol. The number of aryl methyl sites for hydroxylation is 1. The van der Waals surface area contributed by atoms with Crippen molar-refractivity contribution in [2.45, 2.75) is 40.3 Å². The molecule has 29 heavy (non-hydrogen) atoms. The van der Waals surface area contributed by atoms with Gasteiger partial charge in [0.15, 0.2) is 6.61 Å². The highest BCUT2D eigenvalue weighted by atomic mass is 35.5. The minimum absolute atomic E-state index is 0.0851. The van der Waals surface area contributed by atoms with Crippen LogP contribution in [0.1, 0.15) is 40.7 Å². The fraction of sp³-hybridized carbons (Fsp3) is 0.409. The second kappa shape index (κ2) is 8.82. The molecule has 1 saturated heterocycles. The van der Waals surface area contributed by atoms with E-state index in [-0.39, 0.29) is 31.3 Å². The molecular formula is C22H25ClN2O4. The van der Waals surface area contributed by atoms with Crippen molar-refractivity contribution >= 4 is 29.3 Å². The quantitative estimate of drug-likeness (QED) is 0.511. The summed E-state index contributed by atoms with van der Waals surface area (Å²) in [6.07, 6.45) is 0.0851. The number of ketones is 1. The summed E-state index contributed by atoms with van der Waals surface area (Å²) in [5.41, 5.74) is 3.27. The van der Waals surface area contributed by atoms with E-state index in [2.05, 4.69) is 0 Å². The van der Waals surface area contributed by atoms with Crippen LogP contribution in [0.25, 0.3) is 0 Å². The van der Waals surface area contributed by atoms with E-state index in [0.717, 1.165) is 23.5 Å². The largest absolute Gasteiger partial charge is 0.457 e. The van der Waals surface area contributed by atoms with Crippen LogP contribution in [0.4, 0.5) is 0 Å². The zero-order valence-electron chi connectivity index (χ0n) is 16.9. The summed E-state index contributed by atoms with van der Waals surface area (Å²) >= 11 is 6.16. The number of nitrogens with zero attached hydrogens (tertiary/aromatic N) is 2. The number of Topliss-reactive ketones (excluding diaryl/α,β-unsaturated/α-hetero) is 1. The maximum Gasteiger partial charge on any atom is 0.311 e. The Labute approximate surface area is 175 Å². The first kappa shape index (κ1) is 21.1. The Balaban J connectivity index is 1.57. The molecule has 154 valence electrons. The molecule has 1 aliphatic heterocycles. The first-order valence-electron chi connectivity index (χ1n) is 9.69. The van der Waals surface area contributed by atoms with Crippen LogP contribution in [-0.4, -0.2) is 40.3 Å². The van der Waals surface area contributed by atoms with Gasteiger partial charge in [-0.3, -0.25) is 14.4 Å². The van der Waals surface area contributed by atoms with Gasteiger partial charge in [0.1, 0.15) is 0 Å². The van der Waals surface area contributed by atoms with E-state index in [4.69, 9.17) is 16.3 Å². The highest BCUT2D eigenvalue weighted by Gasteiger charge is 2.35. The van der Waals surface area contributed by atoms with Gasteiger partial charge < -0.3 is 14.2 Å². The normalized spacial score (nSPS) is 16.3. The molecule has 1 atom stereocenters. The van der Waals surface area contributed by atoms with Gasteiger partial charge in [0.2, 0.25) is 11.7 Å². The second-order valence-corrected chi connectivity index (χ2v) is 7.73. The molecule has 1 fully saturated rings. The van der Waals surface area contributed by atoms with Crippen molar-refractivity contribution in [3.05, 3.63) is 57.9 Å². The number of carbonyl (C=O) groups excluding carboxylic acids is 3. The SMILES string of the molecule is CCn1c(C)cc(C(=O)COC(=O)[C@H]2CC(=O)N(Cc3ccccc3Cl)C2)c1C. The monoisotopic (exact) mass is 416 g/mol. The molecule has 1 aromatic carbocycles. The fourth-order valence-corrected chi connectivity index (χ4v) is 4.01. The Hall–Kier alpha value is -2.60. The van der Waals surface area contributed by atoms with Crippen molar-refractivity contribution in [3.63, 3.8) is 0 Å². The van der Waals surface area contributed by atoms with Crippen molar-refractivity contribution in [1.29, 1.82) is 0 Å². The number of hydrogen-bond donors (Lipinski definition) is 0. The van der Waals surface area contributed by atoms with Crippen LogP contribution in [0, 0.1) is 19.8 Å². The smallest absolute Gasteiger partial charge is 0.311 e. The van der Waals surface area contributed by atoms with Gasteiger partial charge in [0, 0.05) is 48.0 Å². The Morgan fingerprint density at radius 2 is 1.97 bits per heavy atom. The first-order chi connectivity index (χ1) is 13.8. The molecule has 7 heteroatoms. The van der Waals surface area contributed by atoms with E-state index >= 15 is 0 Å². The van der Waals surface area contributed by atoms with Crippen molar-refractivity contribution in [2.24, 2.45) is 5.92 Å². The topological polar surface area (TPSA) is 68.6 Å². The molecule has 0 radical (unpaired) electrons. The average Bonchev–Trinajstić information content (AvgIpc) is 3.20. The molecule has 3 rings (SSSR count).